The summed E-state index contributed by atoms with van der Waals surface area (Å²) in [5.74, 6) is -1.62. The van der Waals surface area contributed by atoms with E-state index in [1.165, 1.54) is 4.68 Å². The van der Waals surface area contributed by atoms with Crippen molar-refractivity contribution in [3.63, 3.8) is 0 Å². The van der Waals surface area contributed by atoms with Gasteiger partial charge in [-0.15, -0.1) is 12.1 Å². The summed E-state index contributed by atoms with van der Waals surface area (Å²) in [6, 6.07) is 11.2. The van der Waals surface area contributed by atoms with Gasteiger partial charge in [0.25, 0.3) is 0 Å². The van der Waals surface area contributed by atoms with E-state index in [2.05, 4.69) is 26.3 Å². The van der Waals surface area contributed by atoms with Gasteiger partial charge in [-0.2, -0.15) is 0 Å². The van der Waals surface area contributed by atoms with Crippen LogP contribution in [0.1, 0.15) is 0 Å². The molecule has 9 heteroatoms. The minimum absolute atomic E-state index is 0. The van der Waals surface area contributed by atoms with Crippen LogP contribution in [-0.2, 0) is 20.1 Å². The first-order valence-electron chi connectivity index (χ1n) is 7.07. The normalized spacial score (nSPS) is 9.81. The van der Waals surface area contributed by atoms with Crippen molar-refractivity contribution in [2.75, 3.05) is 0 Å². The molecule has 0 bridgehead atoms. The van der Waals surface area contributed by atoms with Crippen LogP contribution in [0.15, 0.2) is 61.2 Å². The maximum absolute atomic E-state index is 13.2. The second-order valence-corrected chi connectivity index (χ2v) is 4.72. The van der Waals surface area contributed by atoms with Crippen molar-refractivity contribution in [1.29, 1.82) is 0 Å². The molecule has 4 rings (SSSR count). The number of aromatic nitrogens is 5. The molecule has 0 spiro atoms. The Balaban J connectivity index is 0.000000184. The molecule has 0 saturated heterocycles. The SMILES string of the molecule is Fc1c[c-]c(-c2ccccn2)c(F)c1.Fc1cn[n-]c1-n1cccn1.[Ir]. The van der Waals surface area contributed by atoms with Gasteiger partial charge in [0.2, 0.25) is 0 Å². The van der Waals surface area contributed by atoms with Crippen molar-refractivity contribution in [2.45, 2.75) is 0 Å². The summed E-state index contributed by atoms with van der Waals surface area (Å²) in [5, 5.41) is 10.7. The number of pyridine rings is 1. The zero-order chi connectivity index (χ0) is 17.6. The number of benzene rings is 1. The topological polar surface area (TPSA) is 57.7 Å². The molecule has 4 aromatic rings. The van der Waals surface area contributed by atoms with Crippen LogP contribution in [0, 0.1) is 23.5 Å². The van der Waals surface area contributed by atoms with Gasteiger partial charge in [0.15, 0.2) is 0 Å². The van der Waals surface area contributed by atoms with Crippen molar-refractivity contribution in [3.8, 4) is 17.1 Å². The molecule has 1 radical (unpaired) electrons. The molecule has 0 atom stereocenters. The fourth-order valence-corrected chi connectivity index (χ4v) is 1.94. The Morgan fingerprint density at radius 3 is 2.46 bits per heavy atom. The molecule has 0 N–H and O–H groups in total. The smallest absolute Gasteiger partial charge is 0.143 e. The van der Waals surface area contributed by atoms with Crippen LogP contribution < -0.4 is 5.10 Å². The first-order chi connectivity index (χ1) is 12.1. The van der Waals surface area contributed by atoms with Gasteiger partial charge in [0.05, 0.1) is 6.20 Å². The van der Waals surface area contributed by atoms with Gasteiger partial charge in [0.1, 0.15) is 5.82 Å². The molecule has 3 heterocycles. The Morgan fingerprint density at radius 2 is 1.88 bits per heavy atom. The van der Waals surface area contributed by atoms with Gasteiger partial charge in [-0.25, -0.2) is 4.39 Å². The quantitative estimate of drug-likeness (QED) is 0.372. The van der Waals surface area contributed by atoms with Gasteiger partial charge in [-0.3, -0.25) is 19.0 Å². The maximum Gasteiger partial charge on any atom is 0.143 e. The van der Waals surface area contributed by atoms with E-state index >= 15 is 0 Å². The molecule has 0 fully saturated rings. The van der Waals surface area contributed by atoms with Crippen molar-refractivity contribution in [1.82, 2.24) is 25.0 Å². The molecule has 0 aliphatic heterocycles. The van der Waals surface area contributed by atoms with Crippen LogP contribution >= 0.6 is 0 Å². The van der Waals surface area contributed by atoms with Crippen molar-refractivity contribution < 1.29 is 33.3 Å². The van der Waals surface area contributed by atoms with Crippen LogP contribution in [0.2, 0.25) is 0 Å². The van der Waals surface area contributed by atoms with E-state index in [9.17, 15) is 13.2 Å². The molecular formula is C17H10F3IrN5-2. The average molecular weight is 534 g/mol. The molecule has 0 amide bonds. The third-order valence-electron chi connectivity index (χ3n) is 3.04. The van der Waals surface area contributed by atoms with Gasteiger partial charge in [0, 0.05) is 50.0 Å². The number of nitrogens with zero attached hydrogens (tertiary/aromatic N) is 5. The van der Waals surface area contributed by atoms with E-state index in [0.29, 0.717) is 5.69 Å². The fourth-order valence-electron chi connectivity index (χ4n) is 1.94. The number of halogens is 3. The maximum atomic E-state index is 13.2. The van der Waals surface area contributed by atoms with Crippen LogP contribution in [0.3, 0.4) is 0 Å². The van der Waals surface area contributed by atoms with E-state index in [-0.39, 0.29) is 31.5 Å². The third-order valence-corrected chi connectivity index (χ3v) is 3.04. The number of hydrogen-bond acceptors (Lipinski definition) is 3. The third kappa shape index (κ3) is 4.65. The van der Waals surface area contributed by atoms with E-state index in [4.69, 9.17) is 0 Å². The Hall–Kier alpha value is -2.77. The molecule has 0 unspecified atom stereocenters. The number of rotatable bonds is 2. The van der Waals surface area contributed by atoms with Crippen molar-refractivity contribution in [2.24, 2.45) is 0 Å². The van der Waals surface area contributed by atoms with Crippen LogP contribution in [0.4, 0.5) is 13.2 Å². The van der Waals surface area contributed by atoms with Crippen LogP contribution in [-0.4, -0.2) is 19.9 Å². The summed E-state index contributed by atoms with van der Waals surface area (Å²) < 4.78 is 39.8. The van der Waals surface area contributed by atoms with Crippen LogP contribution in [0.25, 0.3) is 17.1 Å². The van der Waals surface area contributed by atoms with Gasteiger partial charge in [-0.1, -0.05) is 30.0 Å². The predicted molar refractivity (Wildman–Crippen MR) is 83.1 cm³/mol. The van der Waals surface area contributed by atoms with E-state index in [1.807, 2.05) is 0 Å². The Morgan fingerprint density at radius 1 is 1.04 bits per heavy atom. The molecule has 3 aromatic heterocycles. The molecule has 26 heavy (non-hydrogen) atoms. The zero-order valence-corrected chi connectivity index (χ0v) is 15.4. The summed E-state index contributed by atoms with van der Waals surface area (Å²) in [6.07, 6.45) is 5.75. The summed E-state index contributed by atoms with van der Waals surface area (Å²) in [5.41, 5.74) is 0.636. The first-order valence-corrected chi connectivity index (χ1v) is 7.07. The molecule has 135 valence electrons. The summed E-state index contributed by atoms with van der Waals surface area (Å²) >= 11 is 0. The van der Waals surface area contributed by atoms with Gasteiger partial charge in [-0.05, 0) is 17.8 Å². The monoisotopic (exact) mass is 534 g/mol. The van der Waals surface area contributed by atoms with Crippen LogP contribution in [0.5, 0.6) is 0 Å². The summed E-state index contributed by atoms with van der Waals surface area (Å²) in [7, 11) is 0. The van der Waals surface area contributed by atoms with E-state index in [1.54, 1.807) is 42.9 Å². The van der Waals surface area contributed by atoms with E-state index in [0.717, 1.165) is 18.3 Å². The molecule has 0 saturated carbocycles. The zero-order valence-electron chi connectivity index (χ0n) is 13.0. The molecular weight excluding hydrogens is 523 g/mol. The first kappa shape index (κ1) is 19.6. The largest absolute Gasteiger partial charge is 0.353 e. The molecule has 5 nitrogen and oxygen atoms in total. The second kappa shape index (κ2) is 9.07. The molecule has 1 aromatic carbocycles. The Labute approximate surface area is 160 Å². The molecule has 0 aliphatic rings. The fraction of sp³-hybridized carbons (Fsp3) is 0. The summed E-state index contributed by atoms with van der Waals surface area (Å²) in [4.78, 5) is 3.95. The van der Waals surface area contributed by atoms with Crippen molar-refractivity contribution in [3.05, 3.63) is 84.7 Å². The van der Waals surface area contributed by atoms with Crippen molar-refractivity contribution >= 4 is 0 Å². The Kier molecular flexibility index (Phi) is 6.82. The average Bonchev–Trinajstić information content (AvgIpc) is 3.27. The Bertz CT molecular complexity index is 942. The van der Waals surface area contributed by atoms with Gasteiger partial charge >= 0.3 is 0 Å². The standard InChI is InChI=1S/C11H6F2N.C6H4FN4.Ir/c12-8-4-5-9(10(13)7-8)11-3-1-2-6-14-11;7-5-4-8-10-6(5)11-3-1-2-9-11;/h1-4,6-7H;1-4H;/q2*-1;. The number of hydrogen-bond donors (Lipinski definition) is 0. The molecule has 0 aliphatic carbocycles. The minimum Gasteiger partial charge on any atom is -0.353 e. The predicted octanol–water partition coefficient (Wildman–Crippen LogP) is 3.19. The van der Waals surface area contributed by atoms with Gasteiger partial charge < -0.3 is 14.8 Å². The minimum atomic E-state index is -0.649. The van der Waals surface area contributed by atoms with E-state index < -0.39 is 17.5 Å². The summed E-state index contributed by atoms with van der Waals surface area (Å²) in [6.45, 7) is 0. The second-order valence-electron chi connectivity index (χ2n) is 4.72.